The molecule has 0 saturated carbocycles. The molecular weight excluding hydrogens is 370 g/mol. The number of urea groups is 1. The smallest absolute Gasteiger partial charge is 0.332 e. The highest BCUT2D eigenvalue weighted by molar-refractivity contribution is 6.31. The second kappa shape index (κ2) is 10.3. The van der Waals surface area contributed by atoms with Crippen molar-refractivity contribution in [3.63, 3.8) is 0 Å². The molecule has 0 bridgehead atoms. The number of ether oxygens (including phenoxy) is 3. The zero-order valence-electron chi connectivity index (χ0n) is 15.2. The number of halogens is 1. The lowest BCUT2D eigenvalue weighted by Gasteiger charge is -2.13. The van der Waals surface area contributed by atoms with E-state index in [1.54, 1.807) is 25.3 Å². The number of benzene rings is 2. The summed E-state index contributed by atoms with van der Waals surface area (Å²) in [5, 5.41) is 4.47. The van der Waals surface area contributed by atoms with E-state index in [0.29, 0.717) is 41.7 Å². The van der Waals surface area contributed by atoms with E-state index in [0.717, 1.165) is 11.3 Å². The van der Waals surface area contributed by atoms with Gasteiger partial charge in [0, 0.05) is 17.0 Å². The van der Waals surface area contributed by atoms with Crippen LogP contribution in [0.3, 0.4) is 0 Å². The van der Waals surface area contributed by atoms with Gasteiger partial charge in [-0.2, -0.15) is 5.10 Å². The van der Waals surface area contributed by atoms with E-state index in [1.807, 2.05) is 25.1 Å². The topological polar surface area (TPSA) is 95.2 Å². The summed E-state index contributed by atoms with van der Waals surface area (Å²) in [6.07, 6.45) is 2.10. The van der Waals surface area contributed by atoms with E-state index < -0.39 is 6.03 Å². The number of nitrogens with one attached hydrogen (secondary N) is 1. The average molecular weight is 392 g/mol. The maximum atomic E-state index is 10.7. The first kappa shape index (κ1) is 20.4. The maximum absolute atomic E-state index is 10.7. The molecule has 0 heterocycles. The molecule has 3 N–H and O–H groups in total. The van der Waals surface area contributed by atoms with Gasteiger partial charge >= 0.3 is 6.03 Å². The number of primary amides is 1. The third-order valence-electron chi connectivity index (χ3n) is 3.54. The Morgan fingerprint density at radius 2 is 2.04 bits per heavy atom. The minimum atomic E-state index is -0.744. The van der Waals surface area contributed by atoms with Crippen LogP contribution in [0, 0.1) is 6.92 Å². The lowest BCUT2D eigenvalue weighted by Crippen LogP contribution is -2.24. The van der Waals surface area contributed by atoms with E-state index in [1.165, 1.54) is 6.21 Å². The molecule has 2 aromatic rings. The van der Waals surface area contributed by atoms with Crippen LogP contribution in [0.1, 0.15) is 17.5 Å². The predicted octanol–water partition coefficient (Wildman–Crippen LogP) is 3.51. The first-order chi connectivity index (χ1) is 13.0. The van der Waals surface area contributed by atoms with Crippen LogP contribution in [-0.4, -0.2) is 32.6 Å². The van der Waals surface area contributed by atoms with Crippen molar-refractivity contribution in [1.29, 1.82) is 0 Å². The number of hydrazone groups is 1. The molecule has 2 amide bonds. The molecule has 144 valence electrons. The van der Waals surface area contributed by atoms with E-state index in [9.17, 15) is 4.79 Å². The fourth-order valence-corrected chi connectivity index (χ4v) is 2.36. The summed E-state index contributed by atoms with van der Waals surface area (Å²) in [5.74, 6) is 1.85. The van der Waals surface area contributed by atoms with Gasteiger partial charge in [0.05, 0.1) is 26.5 Å². The average Bonchev–Trinajstić information content (AvgIpc) is 2.64. The van der Waals surface area contributed by atoms with Gasteiger partial charge in [0.15, 0.2) is 11.5 Å². The Labute approximate surface area is 163 Å². The van der Waals surface area contributed by atoms with E-state index >= 15 is 0 Å². The van der Waals surface area contributed by atoms with Gasteiger partial charge in [0.2, 0.25) is 0 Å². The second-order valence-electron chi connectivity index (χ2n) is 5.57. The number of aryl methyl sites for hydroxylation is 1. The van der Waals surface area contributed by atoms with E-state index in [4.69, 9.17) is 31.5 Å². The number of amides is 2. The van der Waals surface area contributed by atoms with Gasteiger partial charge in [-0.3, -0.25) is 0 Å². The molecule has 8 heteroatoms. The second-order valence-corrected chi connectivity index (χ2v) is 5.98. The van der Waals surface area contributed by atoms with Crippen LogP contribution < -0.4 is 25.4 Å². The van der Waals surface area contributed by atoms with Gasteiger partial charge in [-0.15, -0.1) is 0 Å². The number of nitrogens with zero attached hydrogens (tertiary/aromatic N) is 1. The van der Waals surface area contributed by atoms with Crippen LogP contribution in [-0.2, 0) is 0 Å². The molecule has 0 atom stereocenters. The van der Waals surface area contributed by atoms with Crippen molar-refractivity contribution in [2.45, 2.75) is 13.3 Å². The molecule has 0 fully saturated rings. The van der Waals surface area contributed by atoms with E-state index in [2.05, 4.69) is 10.5 Å². The fourth-order valence-electron chi connectivity index (χ4n) is 2.25. The number of para-hydroxylation sites is 1. The van der Waals surface area contributed by atoms with Crippen LogP contribution >= 0.6 is 11.6 Å². The molecule has 2 rings (SSSR count). The van der Waals surface area contributed by atoms with Crippen molar-refractivity contribution in [3.8, 4) is 17.2 Å². The Bertz CT molecular complexity index is 812. The van der Waals surface area contributed by atoms with Crippen molar-refractivity contribution in [2.24, 2.45) is 10.8 Å². The molecule has 27 heavy (non-hydrogen) atoms. The number of hydrogen-bond acceptors (Lipinski definition) is 5. The van der Waals surface area contributed by atoms with Crippen LogP contribution in [0.15, 0.2) is 41.5 Å². The lowest BCUT2D eigenvalue weighted by atomic mass is 10.2. The third-order valence-corrected chi connectivity index (χ3v) is 3.96. The Morgan fingerprint density at radius 3 is 2.74 bits per heavy atom. The van der Waals surface area contributed by atoms with Gasteiger partial charge in [0.25, 0.3) is 0 Å². The number of carbonyl (C=O) groups excluding carboxylic acids is 1. The molecule has 0 aliphatic carbocycles. The Balaban J connectivity index is 1.91. The maximum Gasteiger partial charge on any atom is 0.332 e. The normalized spacial score (nSPS) is 10.6. The molecule has 0 aliphatic rings. The van der Waals surface area contributed by atoms with Crippen LogP contribution in [0.2, 0.25) is 5.02 Å². The standard InChI is InChI=1S/C19H22ClN3O4/c1-13-11-15(7-8-16(13)20)26-9-4-10-27-18-14(12-22-23-19(21)24)5-3-6-17(18)25-2/h3,5-8,11-12H,4,9-10H2,1-2H3,(H3,21,23,24)/b22-12+. The molecule has 0 aromatic heterocycles. The SMILES string of the molecule is COc1cccc(/C=N/NC(N)=O)c1OCCCOc1ccc(Cl)c(C)c1. The van der Waals surface area contributed by atoms with Gasteiger partial charge in [-0.05, 0) is 42.8 Å². The molecular formula is C19H22ClN3O4. The van der Waals surface area contributed by atoms with Gasteiger partial charge in [0.1, 0.15) is 5.75 Å². The number of carbonyl (C=O) groups is 1. The summed E-state index contributed by atoms with van der Waals surface area (Å²) in [7, 11) is 1.55. The number of methoxy groups -OCH3 is 1. The first-order valence-corrected chi connectivity index (χ1v) is 8.66. The largest absolute Gasteiger partial charge is 0.493 e. The summed E-state index contributed by atoms with van der Waals surface area (Å²) < 4.78 is 16.9. The van der Waals surface area contributed by atoms with Crippen molar-refractivity contribution < 1.29 is 19.0 Å². The highest BCUT2D eigenvalue weighted by Crippen LogP contribution is 2.30. The van der Waals surface area contributed by atoms with Crippen molar-refractivity contribution >= 4 is 23.8 Å². The lowest BCUT2D eigenvalue weighted by molar-refractivity contribution is 0.240. The van der Waals surface area contributed by atoms with Crippen molar-refractivity contribution in [3.05, 3.63) is 52.5 Å². The molecule has 0 saturated heterocycles. The summed E-state index contributed by atoms with van der Waals surface area (Å²) in [4.78, 5) is 10.7. The minimum absolute atomic E-state index is 0.414. The molecule has 0 radical (unpaired) electrons. The summed E-state index contributed by atoms with van der Waals surface area (Å²) in [6, 6.07) is 10.1. The molecule has 0 aliphatic heterocycles. The number of hydrogen-bond donors (Lipinski definition) is 2. The zero-order valence-corrected chi connectivity index (χ0v) is 16.0. The summed E-state index contributed by atoms with van der Waals surface area (Å²) in [5.41, 5.74) is 8.75. The first-order valence-electron chi connectivity index (χ1n) is 8.28. The Morgan fingerprint density at radius 1 is 1.26 bits per heavy atom. The van der Waals surface area contributed by atoms with Crippen LogP contribution in [0.4, 0.5) is 4.79 Å². The number of rotatable bonds is 9. The quantitative estimate of drug-likeness (QED) is 0.388. The van der Waals surface area contributed by atoms with E-state index in [-0.39, 0.29) is 0 Å². The number of nitrogens with two attached hydrogens (primary N) is 1. The monoisotopic (exact) mass is 391 g/mol. The predicted molar refractivity (Wildman–Crippen MR) is 105 cm³/mol. The van der Waals surface area contributed by atoms with Gasteiger partial charge in [-0.25, -0.2) is 10.2 Å². The van der Waals surface area contributed by atoms with Crippen molar-refractivity contribution in [1.82, 2.24) is 5.43 Å². The zero-order chi connectivity index (χ0) is 19.6. The molecule has 0 unspecified atom stereocenters. The van der Waals surface area contributed by atoms with Crippen LogP contribution in [0.5, 0.6) is 17.2 Å². The minimum Gasteiger partial charge on any atom is -0.493 e. The van der Waals surface area contributed by atoms with Crippen LogP contribution in [0.25, 0.3) is 0 Å². The Kier molecular flexibility index (Phi) is 7.76. The molecule has 0 spiro atoms. The third kappa shape index (κ3) is 6.38. The van der Waals surface area contributed by atoms with Gasteiger partial charge < -0.3 is 19.9 Å². The highest BCUT2D eigenvalue weighted by atomic mass is 35.5. The highest BCUT2D eigenvalue weighted by Gasteiger charge is 2.09. The fraction of sp³-hybridized carbons (Fsp3) is 0.263. The summed E-state index contributed by atoms with van der Waals surface area (Å²) >= 11 is 6.00. The molecule has 2 aromatic carbocycles. The van der Waals surface area contributed by atoms with Gasteiger partial charge in [-0.1, -0.05) is 17.7 Å². The summed E-state index contributed by atoms with van der Waals surface area (Å²) in [6.45, 7) is 2.83. The molecule has 7 nitrogen and oxygen atoms in total. The van der Waals surface area contributed by atoms with Crippen molar-refractivity contribution in [2.75, 3.05) is 20.3 Å². The Hall–Kier alpha value is -2.93.